The molecule has 0 atom stereocenters. The predicted octanol–water partition coefficient (Wildman–Crippen LogP) is 3.70. The fourth-order valence-electron chi connectivity index (χ4n) is 1.62. The quantitative estimate of drug-likeness (QED) is 0.773. The molecule has 0 amide bonds. The van der Waals surface area contributed by atoms with Crippen LogP contribution >= 0.6 is 0 Å². The van der Waals surface area contributed by atoms with E-state index < -0.39 is 0 Å². The molecule has 16 heavy (non-hydrogen) atoms. The third-order valence-electron chi connectivity index (χ3n) is 2.67. The van der Waals surface area contributed by atoms with E-state index >= 15 is 0 Å². The Hall–Kier alpha value is -1.54. The van der Waals surface area contributed by atoms with Gasteiger partial charge in [0, 0.05) is 0 Å². The topological polar surface area (TPSA) is 21.3 Å². The molecule has 0 fully saturated rings. The highest BCUT2D eigenvalue weighted by Gasteiger charge is 2.03. The van der Waals surface area contributed by atoms with Crippen molar-refractivity contribution in [3.05, 3.63) is 53.6 Å². The smallest absolute Gasteiger partial charge is 0.0960 e. The van der Waals surface area contributed by atoms with Gasteiger partial charge in [-0.1, -0.05) is 35.9 Å². The molecule has 1 N–H and O–H groups in total. The van der Waals surface area contributed by atoms with Crippen LogP contribution in [0, 0.1) is 0 Å². The first-order valence-corrected chi connectivity index (χ1v) is 5.62. The third-order valence-corrected chi connectivity index (χ3v) is 2.67. The summed E-state index contributed by atoms with van der Waals surface area (Å²) in [7, 11) is 0. The summed E-state index contributed by atoms with van der Waals surface area (Å²) in [6.07, 6.45) is 6.59. The molecule has 1 aliphatic carbocycles. The number of hydrogen-bond donors (Lipinski definition) is 1. The summed E-state index contributed by atoms with van der Waals surface area (Å²) in [5.41, 5.74) is 6.72. The normalized spacial score (nSPS) is 15.3. The van der Waals surface area contributed by atoms with Crippen LogP contribution < -0.4 is 5.48 Å². The molecule has 0 unspecified atom stereocenters. The van der Waals surface area contributed by atoms with Crippen molar-refractivity contribution in [1.29, 1.82) is 0 Å². The van der Waals surface area contributed by atoms with Crippen molar-refractivity contribution in [2.45, 2.75) is 19.8 Å². The molecule has 2 rings (SSSR count). The largest absolute Gasteiger partial charge is 0.272 e. The Kier molecular flexibility index (Phi) is 3.78. The Bertz CT molecular complexity index is 392. The van der Waals surface area contributed by atoms with Crippen molar-refractivity contribution in [2.75, 3.05) is 12.1 Å². The molecule has 0 bridgehead atoms. The lowest BCUT2D eigenvalue weighted by atomic mass is 10.0. The number of rotatable bonds is 4. The molecule has 84 valence electrons. The first-order chi connectivity index (χ1) is 7.84. The van der Waals surface area contributed by atoms with Crippen LogP contribution in [0.3, 0.4) is 0 Å². The highest BCUT2D eigenvalue weighted by molar-refractivity contribution is 5.40. The summed E-state index contributed by atoms with van der Waals surface area (Å²) < 4.78 is 0. The Morgan fingerprint density at radius 2 is 1.94 bits per heavy atom. The second-order valence-corrected chi connectivity index (χ2v) is 4.09. The molecule has 1 aromatic rings. The standard InChI is InChI=1S/C14H17NO/c1-12-7-9-13(10-8-12)11-16-15-14-5-3-2-4-6-14/h2-7,9,15H,8,10-11H2,1H3. The molecule has 0 aromatic heterocycles. The fourth-order valence-corrected chi connectivity index (χ4v) is 1.62. The minimum atomic E-state index is 0.651. The van der Waals surface area contributed by atoms with Crippen LogP contribution in [0.4, 0.5) is 5.69 Å². The van der Waals surface area contributed by atoms with Crippen molar-refractivity contribution in [3.8, 4) is 0 Å². The Balaban J connectivity index is 1.77. The molecule has 0 radical (unpaired) electrons. The number of benzene rings is 1. The molecule has 1 aromatic carbocycles. The zero-order valence-electron chi connectivity index (χ0n) is 9.57. The van der Waals surface area contributed by atoms with Gasteiger partial charge in [0.15, 0.2) is 0 Å². The van der Waals surface area contributed by atoms with Gasteiger partial charge in [0.05, 0.1) is 12.3 Å². The molecule has 1 aliphatic rings. The van der Waals surface area contributed by atoms with Crippen molar-refractivity contribution in [2.24, 2.45) is 0 Å². The Morgan fingerprint density at radius 1 is 1.12 bits per heavy atom. The molecule has 2 nitrogen and oxygen atoms in total. The summed E-state index contributed by atoms with van der Waals surface area (Å²) in [5, 5.41) is 0. The van der Waals surface area contributed by atoms with Crippen LogP contribution in [0.5, 0.6) is 0 Å². The van der Waals surface area contributed by atoms with Crippen LogP contribution in [0.2, 0.25) is 0 Å². The van der Waals surface area contributed by atoms with Gasteiger partial charge in [-0.05, 0) is 37.5 Å². The molecule has 0 aliphatic heterocycles. The van der Waals surface area contributed by atoms with Crippen LogP contribution in [0.25, 0.3) is 0 Å². The zero-order chi connectivity index (χ0) is 11.2. The minimum absolute atomic E-state index is 0.651. The van der Waals surface area contributed by atoms with Crippen LogP contribution in [-0.2, 0) is 4.84 Å². The van der Waals surface area contributed by atoms with Crippen molar-refractivity contribution >= 4 is 5.69 Å². The summed E-state index contributed by atoms with van der Waals surface area (Å²) in [6.45, 7) is 2.81. The van der Waals surface area contributed by atoms with E-state index in [0.29, 0.717) is 6.61 Å². The monoisotopic (exact) mass is 215 g/mol. The lowest BCUT2D eigenvalue weighted by Gasteiger charge is -2.13. The molecular formula is C14H17NO. The van der Waals surface area contributed by atoms with E-state index in [-0.39, 0.29) is 0 Å². The van der Waals surface area contributed by atoms with E-state index in [0.717, 1.165) is 18.5 Å². The first-order valence-electron chi connectivity index (χ1n) is 5.62. The van der Waals surface area contributed by atoms with Gasteiger partial charge in [-0.25, -0.2) is 0 Å². The van der Waals surface area contributed by atoms with Gasteiger partial charge < -0.3 is 0 Å². The Morgan fingerprint density at radius 3 is 2.62 bits per heavy atom. The SMILES string of the molecule is CC1=CC=C(CONc2ccccc2)CC1. The number of allylic oxidation sites excluding steroid dienone is 3. The lowest BCUT2D eigenvalue weighted by molar-refractivity contribution is 0.217. The minimum Gasteiger partial charge on any atom is -0.272 e. The third kappa shape index (κ3) is 3.24. The van der Waals surface area contributed by atoms with E-state index in [9.17, 15) is 0 Å². The number of nitrogens with one attached hydrogen (secondary N) is 1. The second kappa shape index (κ2) is 5.52. The molecule has 0 saturated heterocycles. The first kappa shape index (κ1) is 11.0. The molecular weight excluding hydrogens is 198 g/mol. The van der Waals surface area contributed by atoms with E-state index in [4.69, 9.17) is 4.84 Å². The maximum Gasteiger partial charge on any atom is 0.0960 e. The Labute approximate surface area is 96.6 Å². The molecule has 2 heteroatoms. The zero-order valence-corrected chi connectivity index (χ0v) is 9.57. The van der Waals surface area contributed by atoms with E-state index in [2.05, 4.69) is 24.6 Å². The van der Waals surface area contributed by atoms with E-state index in [1.54, 1.807) is 0 Å². The van der Waals surface area contributed by atoms with Crippen molar-refractivity contribution in [3.63, 3.8) is 0 Å². The van der Waals surface area contributed by atoms with E-state index in [1.165, 1.54) is 11.1 Å². The van der Waals surface area contributed by atoms with Gasteiger partial charge in [-0.3, -0.25) is 10.3 Å². The van der Waals surface area contributed by atoms with Gasteiger partial charge in [0.1, 0.15) is 0 Å². The lowest BCUT2D eigenvalue weighted by Crippen LogP contribution is -2.06. The average molecular weight is 215 g/mol. The maximum absolute atomic E-state index is 5.45. The van der Waals surface area contributed by atoms with Gasteiger partial charge in [-0.15, -0.1) is 0 Å². The van der Waals surface area contributed by atoms with Crippen LogP contribution in [0.15, 0.2) is 53.6 Å². The second-order valence-electron chi connectivity index (χ2n) is 4.09. The average Bonchev–Trinajstić information content (AvgIpc) is 2.33. The van der Waals surface area contributed by atoms with Gasteiger partial charge >= 0.3 is 0 Å². The molecule has 0 saturated carbocycles. The number of hydrogen-bond acceptors (Lipinski definition) is 2. The van der Waals surface area contributed by atoms with Gasteiger partial charge in [-0.2, -0.15) is 0 Å². The summed E-state index contributed by atoms with van der Waals surface area (Å²) in [6, 6.07) is 9.93. The fraction of sp³-hybridized carbons (Fsp3) is 0.286. The number of para-hydroxylation sites is 1. The summed E-state index contributed by atoms with van der Waals surface area (Å²) in [4.78, 5) is 5.45. The van der Waals surface area contributed by atoms with Crippen LogP contribution in [-0.4, -0.2) is 6.61 Å². The molecule has 0 spiro atoms. The molecule has 0 heterocycles. The van der Waals surface area contributed by atoms with E-state index in [1.807, 2.05) is 30.3 Å². The van der Waals surface area contributed by atoms with Gasteiger partial charge in [0.2, 0.25) is 0 Å². The maximum atomic E-state index is 5.45. The predicted molar refractivity (Wildman–Crippen MR) is 67.1 cm³/mol. The van der Waals surface area contributed by atoms with Crippen LogP contribution in [0.1, 0.15) is 19.8 Å². The highest BCUT2D eigenvalue weighted by Crippen LogP contribution is 2.17. The van der Waals surface area contributed by atoms with Crippen molar-refractivity contribution in [1.82, 2.24) is 0 Å². The van der Waals surface area contributed by atoms with Gasteiger partial charge in [0.25, 0.3) is 0 Å². The summed E-state index contributed by atoms with van der Waals surface area (Å²) in [5.74, 6) is 0. The highest BCUT2D eigenvalue weighted by atomic mass is 16.6. The van der Waals surface area contributed by atoms with Crippen molar-refractivity contribution < 1.29 is 4.84 Å². The summed E-state index contributed by atoms with van der Waals surface area (Å²) >= 11 is 0. The number of anilines is 1.